The van der Waals surface area contributed by atoms with Crippen LogP contribution in [0.1, 0.15) is 56.6 Å². The summed E-state index contributed by atoms with van der Waals surface area (Å²) in [5.74, 6) is 0. The van der Waals surface area contributed by atoms with Crippen LogP contribution in [0.25, 0.3) is 54.9 Å². The van der Waals surface area contributed by atoms with Gasteiger partial charge in [0.2, 0.25) is 0 Å². The van der Waals surface area contributed by atoms with E-state index in [9.17, 15) is 0 Å². The Bertz CT molecular complexity index is 2160. The monoisotopic (exact) mass is 542 g/mol. The molecule has 42 heavy (non-hydrogen) atoms. The molecule has 0 radical (unpaired) electrons. The Morgan fingerprint density at radius 2 is 1.36 bits per heavy atom. The number of fused-ring (bicyclic) bond motifs is 7. The highest BCUT2D eigenvalue weighted by Gasteiger charge is 2.23. The summed E-state index contributed by atoms with van der Waals surface area (Å²) in [6.07, 6.45) is 20.2. The van der Waals surface area contributed by atoms with Crippen molar-refractivity contribution in [3.8, 4) is 5.69 Å². The number of hydrogen-bond donors (Lipinski definition) is 0. The molecule has 0 saturated heterocycles. The van der Waals surface area contributed by atoms with Crippen molar-refractivity contribution in [2.24, 2.45) is 0 Å². The number of rotatable bonds is 3. The zero-order chi connectivity index (χ0) is 27.6. The van der Waals surface area contributed by atoms with Crippen molar-refractivity contribution >= 4 is 49.2 Å². The van der Waals surface area contributed by atoms with Gasteiger partial charge < -0.3 is 9.13 Å². The molecule has 0 N–H and O–H groups in total. The predicted octanol–water partition coefficient (Wildman–Crippen LogP) is 11.0. The molecule has 9 rings (SSSR count). The summed E-state index contributed by atoms with van der Waals surface area (Å²) in [4.78, 5) is 0. The largest absolute Gasteiger partial charge is 0.333 e. The first-order valence-electron chi connectivity index (χ1n) is 15.7. The van der Waals surface area contributed by atoms with Crippen molar-refractivity contribution in [3.63, 3.8) is 0 Å². The van der Waals surface area contributed by atoms with E-state index in [1.165, 1.54) is 99.0 Å². The zero-order valence-electron chi connectivity index (χ0n) is 23.9. The number of nitrogens with zero attached hydrogens (tertiary/aromatic N) is 2. The molecule has 2 heteroatoms. The number of allylic oxidation sites excluding steroid dienone is 8. The standard InChI is InChI=1S/C40H34N2/c1-2-13-29(14-3-1)41-35-19-8-6-16-33(35)39-37(41)25-26-38-40(39)34-17-7-9-20-36(34)42(38)30-23-21-28(22-24-30)32-18-10-12-27-11-4-5-15-31(27)32/h1-3,6-9,13,16-26,29H,4-5,10-12,14-15H2. The average Bonchev–Trinajstić information content (AvgIpc) is 3.58. The van der Waals surface area contributed by atoms with E-state index in [2.05, 4.69) is 124 Å². The van der Waals surface area contributed by atoms with Crippen LogP contribution >= 0.6 is 0 Å². The third kappa shape index (κ3) is 3.51. The molecule has 1 unspecified atom stereocenters. The minimum atomic E-state index is 0.324. The maximum Gasteiger partial charge on any atom is 0.0560 e. The minimum Gasteiger partial charge on any atom is -0.333 e. The molecule has 3 aliphatic carbocycles. The van der Waals surface area contributed by atoms with Crippen LogP contribution in [0, 0.1) is 0 Å². The number of hydrogen-bond acceptors (Lipinski definition) is 0. The second-order valence-electron chi connectivity index (χ2n) is 12.2. The second-order valence-corrected chi connectivity index (χ2v) is 12.2. The highest BCUT2D eigenvalue weighted by molar-refractivity contribution is 6.28. The van der Waals surface area contributed by atoms with Crippen molar-refractivity contribution in [3.05, 3.63) is 132 Å². The Balaban J connectivity index is 1.26. The Labute approximate surface area is 246 Å². The minimum absolute atomic E-state index is 0.324. The summed E-state index contributed by atoms with van der Waals surface area (Å²) in [7, 11) is 0. The molecule has 1 atom stereocenters. The van der Waals surface area contributed by atoms with Gasteiger partial charge in [0.25, 0.3) is 0 Å². The van der Waals surface area contributed by atoms with Crippen LogP contribution in [-0.4, -0.2) is 9.13 Å². The molecule has 4 aromatic carbocycles. The maximum atomic E-state index is 2.55. The van der Waals surface area contributed by atoms with Crippen molar-refractivity contribution in [1.29, 1.82) is 0 Å². The predicted molar refractivity (Wildman–Crippen MR) is 178 cm³/mol. The van der Waals surface area contributed by atoms with Crippen LogP contribution in [0.4, 0.5) is 0 Å². The van der Waals surface area contributed by atoms with E-state index < -0.39 is 0 Å². The lowest BCUT2D eigenvalue weighted by atomic mass is 9.79. The molecule has 0 aliphatic heterocycles. The molecule has 0 amide bonds. The van der Waals surface area contributed by atoms with Crippen LogP contribution < -0.4 is 0 Å². The fraction of sp³-hybridized carbons (Fsp3) is 0.200. The normalized spacial score (nSPS) is 18.9. The van der Waals surface area contributed by atoms with Crippen molar-refractivity contribution in [2.75, 3.05) is 0 Å². The van der Waals surface area contributed by atoms with Gasteiger partial charge in [0.1, 0.15) is 0 Å². The lowest BCUT2D eigenvalue weighted by Crippen LogP contribution is -2.06. The van der Waals surface area contributed by atoms with E-state index in [4.69, 9.17) is 0 Å². The molecular weight excluding hydrogens is 508 g/mol. The van der Waals surface area contributed by atoms with Gasteiger partial charge in [-0.1, -0.05) is 84.5 Å². The highest BCUT2D eigenvalue weighted by atomic mass is 15.0. The summed E-state index contributed by atoms with van der Waals surface area (Å²) in [6, 6.07) is 32.4. The Morgan fingerprint density at radius 3 is 2.19 bits per heavy atom. The van der Waals surface area contributed by atoms with Crippen LogP contribution in [0.2, 0.25) is 0 Å². The second kappa shape index (κ2) is 9.49. The first-order chi connectivity index (χ1) is 20.9. The summed E-state index contributed by atoms with van der Waals surface area (Å²) < 4.78 is 5.03. The molecule has 0 fully saturated rings. The Hall–Kier alpha value is -4.56. The van der Waals surface area contributed by atoms with E-state index in [1.807, 2.05) is 0 Å². The average molecular weight is 543 g/mol. The van der Waals surface area contributed by atoms with Gasteiger partial charge in [0.15, 0.2) is 0 Å². The topological polar surface area (TPSA) is 9.86 Å². The summed E-state index contributed by atoms with van der Waals surface area (Å²) in [6.45, 7) is 0. The molecule has 0 bridgehead atoms. The summed E-state index contributed by atoms with van der Waals surface area (Å²) in [5.41, 5.74) is 12.6. The molecule has 0 saturated carbocycles. The van der Waals surface area contributed by atoms with Crippen molar-refractivity contribution in [2.45, 2.75) is 51.0 Å². The lowest BCUT2D eigenvalue weighted by molar-refractivity contribution is 0.648. The first kappa shape index (κ1) is 24.1. The van der Waals surface area contributed by atoms with Gasteiger partial charge in [0.05, 0.1) is 22.6 Å². The molecule has 2 aromatic heterocycles. The van der Waals surface area contributed by atoms with Crippen molar-refractivity contribution in [1.82, 2.24) is 9.13 Å². The van der Waals surface area contributed by atoms with E-state index in [0.717, 1.165) is 6.42 Å². The lowest BCUT2D eigenvalue weighted by Gasteiger charge is -2.26. The molecule has 3 aliphatic rings. The fourth-order valence-corrected chi connectivity index (χ4v) is 8.11. The third-order valence-electron chi connectivity index (χ3n) is 9.94. The summed E-state index contributed by atoms with van der Waals surface area (Å²) >= 11 is 0. The number of benzene rings is 4. The van der Waals surface area contributed by atoms with Crippen LogP contribution in [0.3, 0.4) is 0 Å². The van der Waals surface area contributed by atoms with E-state index in [-0.39, 0.29) is 0 Å². The van der Waals surface area contributed by atoms with Gasteiger partial charge in [-0.3, -0.25) is 0 Å². The third-order valence-corrected chi connectivity index (χ3v) is 9.94. The molecule has 0 spiro atoms. The fourth-order valence-electron chi connectivity index (χ4n) is 8.11. The van der Waals surface area contributed by atoms with Gasteiger partial charge in [-0.05, 0) is 98.1 Å². The van der Waals surface area contributed by atoms with Crippen LogP contribution in [0.15, 0.2) is 126 Å². The van der Waals surface area contributed by atoms with Crippen LogP contribution in [-0.2, 0) is 0 Å². The summed E-state index contributed by atoms with van der Waals surface area (Å²) in [5, 5.41) is 5.36. The van der Waals surface area contributed by atoms with Gasteiger partial charge in [-0.15, -0.1) is 0 Å². The zero-order valence-corrected chi connectivity index (χ0v) is 23.9. The SMILES string of the molecule is C1=CCC(n2c3ccccc3c3c4c5ccccc5n(-c5ccc(C6=CCCC7=C6CCCC7)cc5)c4ccc32)C=C1. The Morgan fingerprint density at radius 1 is 0.619 bits per heavy atom. The smallest absolute Gasteiger partial charge is 0.0560 e. The molecule has 2 heterocycles. The highest BCUT2D eigenvalue weighted by Crippen LogP contribution is 2.44. The maximum absolute atomic E-state index is 2.55. The molecule has 204 valence electrons. The van der Waals surface area contributed by atoms with E-state index >= 15 is 0 Å². The van der Waals surface area contributed by atoms with E-state index in [1.54, 1.807) is 11.1 Å². The molecule has 6 aromatic rings. The van der Waals surface area contributed by atoms with Gasteiger partial charge in [-0.2, -0.15) is 0 Å². The van der Waals surface area contributed by atoms with Crippen molar-refractivity contribution < 1.29 is 0 Å². The first-order valence-corrected chi connectivity index (χ1v) is 15.7. The quantitative estimate of drug-likeness (QED) is 0.210. The van der Waals surface area contributed by atoms with Crippen LogP contribution in [0.5, 0.6) is 0 Å². The molecule has 2 nitrogen and oxygen atoms in total. The number of aromatic nitrogens is 2. The molecular formula is C40H34N2. The van der Waals surface area contributed by atoms with Gasteiger partial charge in [-0.25, -0.2) is 0 Å². The Kier molecular flexibility index (Phi) is 5.44. The van der Waals surface area contributed by atoms with Gasteiger partial charge >= 0.3 is 0 Å². The number of para-hydroxylation sites is 2. The van der Waals surface area contributed by atoms with Gasteiger partial charge in [0, 0.05) is 32.7 Å². The van der Waals surface area contributed by atoms with E-state index in [0.29, 0.717) is 6.04 Å².